The standard InChI is InChI=1S/C12H22N2O4/c1-7-5-6-9(13-7)11(15)10(8(2)17-3)14-12(16)18-4/h7-10,13H,5-6H2,1-4H3,(H,14,16)/t7-,8+,9-,10-/m0/s1. The Morgan fingerprint density at radius 1 is 1.33 bits per heavy atom. The molecule has 0 radical (unpaired) electrons. The van der Waals surface area contributed by atoms with Crippen LogP contribution in [0.25, 0.3) is 0 Å². The van der Waals surface area contributed by atoms with Crippen LogP contribution < -0.4 is 10.6 Å². The fraction of sp³-hybridized carbons (Fsp3) is 0.833. The van der Waals surface area contributed by atoms with Gasteiger partial charge in [-0.1, -0.05) is 0 Å². The number of hydrogen-bond acceptors (Lipinski definition) is 5. The molecule has 0 bridgehead atoms. The number of amides is 1. The van der Waals surface area contributed by atoms with Crippen molar-refractivity contribution in [1.82, 2.24) is 10.6 Å². The molecule has 4 atom stereocenters. The largest absolute Gasteiger partial charge is 0.453 e. The van der Waals surface area contributed by atoms with E-state index in [2.05, 4.69) is 15.4 Å². The summed E-state index contributed by atoms with van der Waals surface area (Å²) in [6.45, 7) is 3.78. The highest BCUT2D eigenvalue weighted by molar-refractivity contribution is 5.92. The van der Waals surface area contributed by atoms with Crippen LogP contribution in [0.1, 0.15) is 26.7 Å². The summed E-state index contributed by atoms with van der Waals surface area (Å²) in [7, 11) is 2.78. The first-order chi connectivity index (χ1) is 8.49. The third-order valence-corrected chi connectivity index (χ3v) is 3.32. The Labute approximate surface area is 107 Å². The zero-order chi connectivity index (χ0) is 13.7. The van der Waals surface area contributed by atoms with Crippen molar-refractivity contribution in [3.63, 3.8) is 0 Å². The van der Waals surface area contributed by atoms with Gasteiger partial charge in [0.1, 0.15) is 6.04 Å². The molecule has 6 heteroatoms. The van der Waals surface area contributed by atoms with Gasteiger partial charge in [-0.2, -0.15) is 0 Å². The molecule has 1 rings (SSSR count). The highest BCUT2D eigenvalue weighted by Gasteiger charge is 2.35. The Morgan fingerprint density at radius 3 is 2.44 bits per heavy atom. The molecule has 1 heterocycles. The van der Waals surface area contributed by atoms with E-state index in [0.717, 1.165) is 12.8 Å². The summed E-state index contributed by atoms with van der Waals surface area (Å²) in [4.78, 5) is 23.6. The van der Waals surface area contributed by atoms with Crippen molar-refractivity contribution in [2.75, 3.05) is 14.2 Å². The van der Waals surface area contributed by atoms with Crippen LogP contribution in [0.5, 0.6) is 0 Å². The number of nitrogens with one attached hydrogen (secondary N) is 2. The SMILES string of the molecule is COC(=O)N[C@H](C(=O)[C@@H]1CC[C@H](C)N1)[C@@H](C)OC. The molecular weight excluding hydrogens is 236 g/mol. The predicted molar refractivity (Wildman–Crippen MR) is 66.4 cm³/mol. The highest BCUT2D eigenvalue weighted by atomic mass is 16.5. The van der Waals surface area contributed by atoms with E-state index < -0.39 is 18.2 Å². The van der Waals surface area contributed by atoms with Crippen LogP contribution in [0.15, 0.2) is 0 Å². The van der Waals surface area contributed by atoms with Crippen LogP contribution in [-0.4, -0.2) is 50.3 Å². The van der Waals surface area contributed by atoms with Crippen molar-refractivity contribution in [3.8, 4) is 0 Å². The highest BCUT2D eigenvalue weighted by Crippen LogP contribution is 2.15. The maximum absolute atomic E-state index is 12.3. The molecule has 6 nitrogen and oxygen atoms in total. The topological polar surface area (TPSA) is 76.7 Å². The van der Waals surface area contributed by atoms with E-state index in [1.165, 1.54) is 14.2 Å². The maximum Gasteiger partial charge on any atom is 0.407 e. The predicted octanol–water partition coefficient (Wildman–Crippen LogP) is 0.456. The number of hydrogen-bond donors (Lipinski definition) is 2. The molecular formula is C12H22N2O4. The van der Waals surface area contributed by atoms with Gasteiger partial charge in [-0.25, -0.2) is 4.79 Å². The number of alkyl carbamates (subject to hydrolysis) is 1. The Bertz CT molecular complexity index is 308. The average Bonchev–Trinajstić information content (AvgIpc) is 2.80. The minimum absolute atomic E-state index is 0.0564. The number of carbonyl (C=O) groups is 2. The van der Waals surface area contributed by atoms with Gasteiger partial charge in [0.05, 0.1) is 19.3 Å². The Morgan fingerprint density at radius 2 is 2.00 bits per heavy atom. The van der Waals surface area contributed by atoms with Crippen LogP contribution in [0.3, 0.4) is 0 Å². The lowest BCUT2D eigenvalue weighted by Crippen LogP contribution is -2.54. The molecule has 0 aromatic rings. The second kappa shape index (κ2) is 6.70. The molecule has 0 aliphatic carbocycles. The van der Waals surface area contributed by atoms with Crippen LogP contribution in [-0.2, 0) is 14.3 Å². The van der Waals surface area contributed by atoms with Gasteiger partial charge in [-0.3, -0.25) is 4.79 Å². The smallest absolute Gasteiger partial charge is 0.407 e. The van der Waals surface area contributed by atoms with E-state index in [9.17, 15) is 9.59 Å². The third-order valence-electron chi connectivity index (χ3n) is 3.32. The summed E-state index contributed by atoms with van der Waals surface area (Å²) in [5.74, 6) is -0.0564. The molecule has 0 saturated carbocycles. The quantitative estimate of drug-likeness (QED) is 0.749. The molecule has 0 spiro atoms. The minimum Gasteiger partial charge on any atom is -0.453 e. The number of ether oxygens (including phenoxy) is 2. The second-order valence-electron chi connectivity index (χ2n) is 4.65. The van der Waals surface area contributed by atoms with Gasteiger partial charge in [0.15, 0.2) is 5.78 Å². The van der Waals surface area contributed by atoms with Crippen molar-refractivity contribution >= 4 is 11.9 Å². The number of carbonyl (C=O) groups excluding carboxylic acids is 2. The molecule has 1 fully saturated rings. The normalized spacial score (nSPS) is 26.4. The van der Waals surface area contributed by atoms with E-state index in [1.54, 1.807) is 6.92 Å². The van der Waals surface area contributed by atoms with Gasteiger partial charge in [-0.05, 0) is 26.7 Å². The summed E-state index contributed by atoms with van der Waals surface area (Å²) >= 11 is 0. The third kappa shape index (κ3) is 3.68. The first-order valence-electron chi connectivity index (χ1n) is 6.16. The van der Waals surface area contributed by atoms with Crippen LogP contribution in [0.2, 0.25) is 0 Å². The Hall–Kier alpha value is -1.14. The average molecular weight is 258 g/mol. The lowest BCUT2D eigenvalue weighted by atomic mass is 10.00. The van der Waals surface area contributed by atoms with Crippen molar-refractivity contribution < 1.29 is 19.1 Å². The van der Waals surface area contributed by atoms with E-state index in [1.807, 2.05) is 6.92 Å². The van der Waals surface area contributed by atoms with Gasteiger partial charge in [0.25, 0.3) is 0 Å². The monoisotopic (exact) mass is 258 g/mol. The number of ketones is 1. The van der Waals surface area contributed by atoms with Crippen LogP contribution in [0, 0.1) is 0 Å². The van der Waals surface area contributed by atoms with Crippen molar-refractivity contribution in [2.24, 2.45) is 0 Å². The summed E-state index contributed by atoms with van der Waals surface area (Å²) in [5, 5.41) is 5.74. The molecule has 1 aliphatic rings. The zero-order valence-corrected chi connectivity index (χ0v) is 11.4. The molecule has 104 valence electrons. The number of Topliss-reactive ketones (excluding diaryl/α,β-unsaturated/α-hetero) is 1. The van der Waals surface area contributed by atoms with Gasteiger partial charge in [-0.15, -0.1) is 0 Å². The van der Waals surface area contributed by atoms with Gasteiger partial charge < -0.3 is 20.1 Å². The maximum atomic E-state index is 12.3. The molecule has 1 aliphatic heterocycles. The summed E-state index contributed by atoms with van der Waals surface area (Å²) in [6, 6.07) is -0.583. The molecule has 1 saturated heterocycles. The van der Waals surface area contributed by atoms with Gasteiger partial charge in [0, 0.05) is 13.2 Å². The van der Waals surface area contributed by atoms with E-state index >= 15 is 0 Å². The lowest BCUT2D eigenvalue weighted by Gasteiger charge is -2.25. The van der Waals surface area contributed by atoms with Crippen molar-refractivity contribution in [3.05, 3.63) is 0 Å². The number of rotatable bonds is 5. The van der Waals surface area contributed by atoms with Gasteiger partial charge >= 0.3 is 6.09 Å². The van der Waals surface area contributed by atoms with Crippen molar-refractivity contribution in [2.45, 2.75) is 50.9 Å². The Balaban J connectivity index is 2.69. The van der Waals surface area contributed by atoms with Gasteiger partial charge in [0.2, 0.25) is 0 Å². The van der Waals surface area contributed by atoms with Crippen LogP contribution in [0.4, 0.5) is 4.79 Å². The molecule has 0 aromatic heterocycles. The lowest BCUT2D eigenvalue weighted by molar-refractivity contribution is -0.125. The first kappa shape index (κ1) is 14.9. The Kier molecular flexibility index (Phi) is 5.55. The molecule has 2 N–H and O–H groups in total. The fourth-order valence-corrected chi connectivity index (χ4v) is 2.11. The van der Waals surface area contributed by atoms with E-state index in [0.29, 0.717) is 6.04 Å². The molecule has 0 unspecified atom stereocenters. The zero-order valence-electron chi connectivity index (χ0n) is 11.4. The summed E-state index contributed by atoms with van der Waals surface area (Å²) < 4.78 is 9.68. The molecule has 1 amide bonds. The van der Waals surface area contributed by atoms with Crippen molar-refractivity contribution in [1.29, 1.82) is 0 Å². The van der Waals surface area contributed by atoms with E-state index in [4.69, 9.17) is 4.74 Å². The molecule has 18 heavy (non-hydrogen) atoms. The fourth-order valence-electron chi connectivity index (χ4n) is 2.11. The van der Waals surface area contributed by atoms with Crippen LogP contribution >= 0.6 is 0 Å². The molecule has 0 aromatic carbocycles. The summed E-state index contributed by atoms with van der Waals surface area (Å²) in [5.41, 5.74) is 0. The number of methoxy groups -OCH3 is 2. The second-order valence-corrected chi connectivity index (χ2v) is 4.65. The summed E-state index contributed by atoms with van der Waals surface area (Å²) in [6.07, 6.45) is 0.732. The van der Waals surface area contributed by atoms with E-state index in [-0.39, 0.29) is 11.8 Å². The first-order valence-corrected chi connectivity index (χ1v) is 6.16. The minimum atomic E-state index is -0.690.